The van der Waals surface area contributed by atoms with Crippen LogP contribution in [0.25, 0.3) is 11.1 Å². The number of hydrogen-bond acceptors (Lipinski definition) is 7. The number of hydrogen-bond donors (Lipinski definition) is 2. The molecule has 0 aliphatic carbocycles. The molecule has 2 aromatic rings. The minimum atomic E-state index is -3.55. The Morgan fingerprint density at radius 1 is 0.941 bits per heavy atom. The maximum atomic E-state index is 13.1. The molecule has 34 heavy (non-hydrogen) atoms. The number of likely N-dealkylation sites (N-methyl/N-ethyl adjacent to an activating group) is 1. The summed E-state index contributed by atoms with van der Waals surface area (Å²) in [6.45, 7) is 8.74. The first kappa shape index (κ1) is 24.8. The van der Waals surface area contributed by atoms with Gasteiger partial charge in [-0.05, 0) is 53.9 Å². The minimum absolute atomic E-state index is 0.0460. The fourth-order valence-corrected chi connectivity index (χ4v) is 5.81. The molecule has 9 heteroatoms. The molecule has 4 rings (SSSR count). The van der Waals surface area contributed by atoms with Crippen molar-refractivity contribution >= 4 is 15.7 Å². The summed E-state index contributed by atoms with van der Waals surface area (Å²) in [7, 11) is -3.55. The van der Waals surface area contributed by atoms with Gasteiger partial charge in [0.05, 0.1) is 11.5 Å². The standard InChI is InChI=1S/C25H34N4O4S/c1-2-27-15-17-28(18-16-27)24-7-3-22(4-8-24)23-5-9-25(10-6-23)34(31,32)29-13-11-21(12-14-29)19-33-20-26-30/h3-11,26,30H,2,12-20H2,1H3. The number of piperazine rings is 1. The largest absolute Gasteiger partial charge is 0.369 e. The van der Waals surface area contributed by atoms with Crippen LogP contribution in [-0.2, 0) is 14.8 Å². The van der Waals surface area contributed by atoms with Crippen molar-refractivity contribution in [3.05, 3.63) is 60.2 Å². The van der Waals surface area contributed by atoms with E-state index >= 15 is 0 Å². The summed E-state index contributed by atoms with van der Waals surface area (Å²) in [6.07, 6.45) is 2.50. The number of nitrogens with one attached hydrogen (secondary N) is 1. The van der Waals surface area contributed by atoms with E-state index in [1.807, 2.05) is 23.7 Å². The lowest BCUT2D eigenvalue weighted by atomic mass is 10.1. The molecule has 0 bridgehead atoms. The highest BCUT2D eigenvalue weighted by molar-refractivity contribution is 7.89. The summed E-state index contributed by atoms with van der Waals surface area (Å²) < 4.78 is 32.9. The summed E-state index contributed by atoms with van der Waals surface area (Å²) in [6, 6.07) is 15.7. The van der Waals surface area contributed by atoms with Crippen LogP contribution >= 0.6 is 0 Å². The second kappa shape index (κ2) is 11.4. The smallest absolute Gasteiger partial charge is 0.243 e. The van der Waals surface area contributed by atoms with E-state index < -0.39 is 10.0 Å². The topological polar surface area (TPSA) is 85.4 Å². The van der Waals surface area contributed by atoms with E-state index in [1.165, 1.54) is 9.99 Å². The molecule has 0 atom stereocenters. The van der Waals surface area contributed by atoms with E-state index in [-0.39, 0.29) is 6.73 Å². The van der Waals surface area contributed by atoms with Crippen molar-refractivity contribution in [1.29, 1.82) is 0 Å². The fourth-order valence-electron chi connectivity index (χ4n) is 4.43. The fraction of sp³-hybridized carbons (Fsp3) is 0.440. The van der Waals surface area contributed by atoms with E-state index in [2.05, 4.69) is 41.0 Å². The zero-order valence-corrected chi connectivity index (χ0v) is 20.5. The van der Waals surface area contributed by atoms with Crippen LogP contribution < -0.4 is 10.4 Å². The van der Waals surface area contributed by atoms with Gasteiger partial charge in [-0.1, -0.05) is 37.3 Å². The first-order valence-electron chi connectivity index (χ1n) is 11.8. The number of ether oxygens (including phenoxy) is 1. The third-order valence-electron chi connectivity index (χ3n) is 6.60. The SMILES string of the molecule is CCN1CCN(c2ccc(-c3ccc(S(=O)(=O)N4CC=C(COCNO)CC4)cc3)cc2)CC1. The van der Waals surface area contributed by atoms with Crippen molar-refractivity contribution in [2.24, 2.45) is 0 Å². The van der Waals surface area contributed by atoms with Crippen LogP contribution in [0.15, 0.2) is 65.1 Å². The highest BCUT2D eigenvalue weighted by atomic mass is 32.2. The summed E-state index contributed by atoms with van der Waals surface area (Å²) in [4.78, 5) is 5.18. The molecular weight excluding hydrogens is 452 g/mol. The monoisotopic (exact) mass is 486 g/mol. The first-order valence-corrected chi connectivity index (χ1v) is 13.3. The van der Waals surface area contributed by atoms with Crippen molar-refractivity contribution in [3.63, 3.8) is 0 Å². The highest BCUT2D eigenvalue weighted by Gasteiger charge is 2.26. The van der Waals surface area contributed by atoms with Gasteiger partial charge in [-0.25, -0.2) is 8.42 Å². The van der Waals surface area contributed by atoms with Crippen LogP contribution in [0, 0.1) is 0 Å². The molecule has 0 unspecified atom stereocenters. The molecule has 2 N–H and O–H groups in total. The number of benzene rings is 2. The molecule has 2 aliphatic rings. The molecule has 2 aliphatic heterocycles. The van der Waals surface area contributed by atoms with Crippen molar-refractivity contribution in [1.82, 2.24) is 14.7 Å². The molecule has 0 aromatic heterocycles. The third-order valence-corrected chi connectivity index (χ3v) is 8.48. The van der Waals surface area contributed by atoms with Crippen LogP contribution in [0.4, 0.5) is 5.69 Å². The van der Waals surface area contributed by atoms with Gasteiger partial charge in [-0.15, -0.1) is 0 Å². The van der Waals surface area contributed by atoms with Gasteiger partial charge in [-0.3, -0.25) is 0 Å². The number of anilines is 1. The predicted octanol–water partition coefficient (Wildman–Crippen LogP) is 2.77. The maximum Gasteiger partial charge on any atom is 0.243 e. The molecule has 8 nitrogen and oxygen atoms in total. The summed E-state index contributed by atoms with van der Waals surface area (Å²) in [5, 5.41) is 8.56. The van der Waals surface area contributed by atoms with E-state index in [4.69, 9.17) is 9.94 Å². The lowest BCUT2D eigenvalue weighted by molar-refractivity contribution is 0.0315. The molecule has 2 aromatic carbocycles. The molecule has 1 saturated heterocycles. The van der Waals surface area contributed by atoms with Gasteiger partial charge in [0.2, 0.25) is 10.0 Å². The Morgan fingerprint density at radius 2 is 1.59 bits per heavy atom. The average Bonchev–Trinajstić information content (AvgIpc) is 2.89. The Morgan fingerprint density at radius 3 is 2.15 bits per heavy atom. The van der Waals surface area contributed by atoms with E-state index in [0.29, 0.717) is 31.0 Å². The normalized spacial score (nSPS) is 18.2. The molecule has 0 amide bonds. The number of nitrogens with zero attached hydrogens (tertiary/aromatic N) is 3. The summed E-state index contributed by atoms with van der Waals surface area (Å²) in [5.74, 6) is 0. The van der Waals surface area contributed by atoms with Gasteiger partial charge in [0.15, 0.2) is 0 Å². The average molecular weight is 487 g/mol. The van der Waals surface area contributed by atoms with Crippen LogP contribution in [0.5, 0.6) is 0 Å². The Hall–Kier alpha value is -2.27. The second-order valence-electron chi connectivity index (χ2n) is 8.62. The predicted molar refractivity (Wildman–Crippen MR) is 133 cm³/mol. The van der Waals surface area contributed by atoms with E-state index in [1.54, 1.807) is 12.1 Å². The molecule has 1 fully saturated rings. The third kappa shape index (κ3) is 5.86. The Balaban J connectivity index is 1.38. The second-order valence-corrected chi connectivity index (χ2v) is 10.6. The Kier molecular flexibility index (Phi) is 8.36. The highest BCUT2D eigenvalue weighted by Crippen LogP contribution is 2.27. The van der Waals surface area contributed by atoms with Crippen molar-refractivity contribution in [2.75, 3.05) is 64.1 Å². The quantitative estimate of drug-likeness (QED) is 0.244. The lowest BCUT2D eigenvalue weighted by Gasteiger charge is -2.35. The van der Waals surface area contributed by atoms with Crippen LogP contribution in [0.1, 0.15) is 13.3 Å². The van der Waals surface area contributed by atoms with E-state index in [9.17, 15) is 8.42 Å². The molecule has 2 heterocycles. The molecule has 0 radical (unpaired) electrons. The Bertz CT molecular complexity index is 1060. The van der Waals surface area contributed by atoms with E-state index in [0.717, 1.165) is 49.4 Å². The lowest BCUT2D eigenvalue weighted by Crippen LogP contribution is -2.46. The van der Waals surface area contributed by atoms with Crippen molar-refractivity contribution in [3.8, 4) is 11.1 Å². The van der Waals surface area contributed by atoms with Gasteiger partial charge in [-0.2, -0.15) is 9.79 Å². The van der Waals surface area contributed by atoms with Gasteiger partial charge in [0.1, 0.15) is 6.73 Å². The molecular formula is C25H34N4O4S. The van der Waals surface area contributed by atoms with Gasteiger partial charge in [0, 0.05) is 45.0 Å². The van der Waals surface area contributed by atoms with Crippen LogP contribution in [-0.4, -0.2) is 82.0 Å². The first-order chi connectivity index (χ1) is 16.5. The van der Waals surface area contributed by atoms with Crippen molar-refractivity contribution in [2.45, 2.75) is 18.2 Å². The molecule has 0 saturated carbocycles. The number of sulfonamides is 1. The maximum absolute atomic E-state index is 13.1. The number of hydroxylamine groups is 1. The van der Waals surface area contributed by atoms with Gasteiger partial charge in [0.25, 0.3) is 0 Å². The number of rotatable bonds is 9. The summed E-state index contributed by atoms with van der Waals surface area (Å²) >= 11 is 0. The van der Waals surface area contributed by atoms with Crippen LogP contribution in [0.3, 0.4) is 0 Å². The van der Waals surface area contributed by atoms with Gasteiger partial charge >= 0.3 is 0 Å². The minimum Gasteiger partial charge on any atom is -0.369 e. The Labute approximate surface area is 202 Å². The zero-order valence-electron chi connectivity index (χ0n) is 19.7. The van der Waals surface area contributed by atoms with Crippen LogP contribution in [0.2, 0.25) is 0 Å². The zero-order chi connectivity index (χ0) is 24.0. The van der Waals surface area contributed by atoms with Gasteiger partial charge < -0.3 is 19.7 Å². The van der Waals surface area contributed by atoms with Crippen molar-refractivity contribution < 1.29 is 18.4 Å². The molecule has 0 spiro atoms. The molecule has 184 valence electrons. The summed E-state index contributed by atoms with van der Waals surface area (Å²) in [5.41, 5.74) is 6.27.